The number of nitrogen functional groups attached to an aromatic ring is 1. The lowest BCUT2D eigenvalue weighted by Crippen LogP contribution is -2.22. The molecule has 0 bridgehead atoms. The number of aromatic nitrogens is 3. The minimum absolute atomic E-state index is 0.0370. The maximum absolute atomic E-state index is 13.1. The van der Waals surface area contributed by atoms with E-state index >= 15 is 0 Å². The molecule has 190 valence electrons. The molecule has 3 heterocycles. The lowest BCUT2D eigenvalue weighted by molar-refractivity contribution is -0.138. The summed E-state index contributed by atoms with van der Waals surface area (Å²) in [4.78, 5) is 40.3. The molecule has 1 aromatic carbocycles. The van der Waals surface area contributed by atoms with Crippen LogP contribution >= 0.6 is 11.3 Å². The van der Waals surface area contributed by atoms with Crippen molar-refractivity contribution in [1.82, 2.24) is 19.9 Å². The Hall–Kier alpha value is -3.38. The number of nitrogens with zero attached hydrogens (tertiary/aromatic N) is 4. The molecule has 0 aliphatic carbocycles. The molecule has 0 unspecified atom stereocenters. The summed E-state index contributed by atoms with van der Waals surface area (Å²) in [5.74, 6) is -0.476. The van der Waals surface area contributed by atoms with Crippen LogP contribution in [0.25, 0.3) is 0 Å². The first-order valence-electron chi connectivity index (χ1n) is 11.4. The van der Waals surface area contributed by atoms with Crippen LogP contribution in [0.15, 0.2) is 30.7 Å². The Morgan fingerprint density at radius 3 is 2.64 bits per heavy atom. The number of halogens is 3. The molecule has 12 heteroatoms. The van der Waals surface area contributed by atoms with E-state index in [0.717, 1.165) is 43.3 Å². The molecule has 1 saturated heterocycles. The smallest absolute Gasteiger partial charge is 0.383 e. The van der Waals surface area contributed by atoms with Gasteiger partial charge in [-0.25, -0.2) is 15.0 Å². The van der Waals surface area contributed by atoms with E-state index in [1.54, 1.807) is 0 Å². The Balaban J connectivity index is 1.39. The maximum atomic E-state index is 13.1. The second-order valence-corrected chi connectivity index (χ2v) is 9.71. The first kappa shape index (κ1) is 25.7. The number of amides is 1. The molecule has 1 fully saturated rings. The average Bonchev–Trinajstić information content (AvgIpc) is 3.51. The van der Waals surface area contributed by atoms with Crippen molar-refractivity contribution in [2.45, 2.75) is 45.3 Å². The standard InChI is InChI=1S/C24H25F3N6O2S/c1-14-4-5-15(10-17(14)24(25,26)27)32-23(35)19-11-29-20(36-19)7-6-18(34)21-16(22(28)31-13-30-21)12-33-8-2-3-9-33/h4-5,10-11,13H,2-3,6-9,12H2,1H3,(H,32,35)(H2,28,30,31). The van der Waals surface area contributed by atoms with Gasteiger partial charge in [-0.15, -0.1) is 11.3 Å². The summed E-state index contributed by atoms with van der Waals surface area (Å²) in [5.41, 5.74) is 6.26. The number of thiazole rings is 1. The van der Waals surface area contributed by atoms with E-state index in [1.165, 1.54) is 31.6 Å². The highest BCUT2D eigenvalue weighted by Crippen LogP contribution is 2.33. The summed E-state index contributed by atoms with van der Waals surface area (Å²) in [6.45, 7) is 3.75. The molecular formula is C24H25F3N6O2S. The monoisotopic (exact) mass is 518 g/mol. The predicted octanol–water partition coefficient (Wildman–Crippen LogP) is 4.51. The lowest BCUT2D eigenvalue weighted by atomic mass is 10.1. The van der Waals surface area contributed by atoms with Crippen LogP contribution in [0.2, 0.25) is 0 Å². The number of aryl methyl sites for hydroxylation is 2. The van der Waals surface area contributed by atoms with Crippen LogP contribution in [-0.4, -0.2) is 44.6 Å². The summed E-state index contributed by atoms with van der Waals surface area (Å²) >= 11 is 1.08. The number of hydrogen-bond acceptors (Lipinski definition) is 8. The van der Waals surface area contributed by atoms with Crippen molar-refractivity contribution in [3.63, 3.8) is 0 Å². The second-order valence-electron chi connectivity index (χ2n) is 8.59. The number of benzene rings is 1. The van der Waals surface area contributed by atoms with Crippen molar-refractivity contribution < 1.29 is 22.8 Å². The van der Waals surface area contributed by atoms with E-state index in [1.807, 2.05) is 0 Å². The molecule has 1 aliphatic rings. The molecule has 0 saturated carbocycles. The fraction of sp³-hybridized carbons (Fsp3) is 0.375. The van der Waals surface area contributed by atoms with Gasteiger partial charge in [-0.1, -0.05) is 6.07 Å². The molecule has 3 aromatic rings. The van der Waals surface area contributed by atoms with Crippen molar-refractivity contribution in [2.75, 3.05) is 24.1 Å². The lowest BCUT2D eigenvalue weighted by Gasteiger charge is -2.17. The molecular weight excluding hydrogens is 493 g/mol. The number of Topliss-reactive ketones (excluding diaryl/α,β-unsaturated/α-hetero) is 1. The van der Waals surface area contributed by atoms with Crippen LogP contribution in [0.3, 0.4) is 0 Å². The first-order chi connectivity index (χ1) is 17.1. The fourth-order valence-corrected chi connectivity index (χ4v) is 4.87. The van der Waals surface area contributed by atoms with Gasteiger partial charge in [-0.3, -0.25) is 14.5 Å². The van der Waals surface area contributed by atoms with Crippen molar-refractivity contribution >= 4 is 34.5 Å². The highest BCUT2D eigenvalue weighted by atomic mass is 32.1. The maximum Gasteiger partial charge on any atom is 0.416 e. The largest absolute Gasteiger partial charge is 0.416 e. The van der Waals surface area contributed by atoms with E-state index in [2.05, 4.69) is 25.2 Å². The highest BCUT2D eigenvalue weighted by molar-refractivity contribution is 7.13. The summed E-state index contributed by atoms with van der Waals surface area (Å²) in [5, 5.41) is 3.03. The van der Waals surface area contributed by atoms with Gasteiger partial charge >= 0.3 is 6.18 Å². The van der Waals surface area contributed by atoms with Crippen LogP contribution in [0.1, 0.15) is 61.1 Å². The Labute approximate surface area is 209 Å². The molecule has 8 nitrogen and oxygen atoms in total. The number of nitrogens with one attached hydrogen (secondary N) is 1. The number of carbonyl (C=O) groups is 2. The summed E-state index contributed by atoms with van der Waals surface area (Å²) in [6, 6.07) is 3.62. The van der Waals surface area contributed by atoms with Gasteiger partial charge in [-0.05, 0) is 50.6 Å². The molecule has 0 radical (unpaired) electrons. The molecule has 3 N–H and O–H groups in total. The second kappa shape index (κ2) is 10.7. The number of likely N-dealkylation sites (tertiary alicyclic amines) is 1. The highest BCUT2D eigenvalue weighted by Gasteiger charge is 2.32. The van der Waals surface area contributed by atoms with E-state index < -0.39 is 17.6 Å². The molecule has 1 aliphatic heterocycles. The number of ketones is 1. The summed E-state index contributed by atoms with van der Waals surface area (Å²) in [7, 11) is 0. The first-order valence-corrected chi connectivity index (χ1v) is 12.2. The molecule has 0 atom stereocenters. The van der Waals surface area contributed by atoms with E-state index in [9.17, 15) is 22.8 Å². The van der Waals surface area contributed by atoms with Gasteiger partial charge < -0.3 is 11.1 Å². The quantitative estimate of drug-likeness (QED) is 0.422. The number of hydrogen-bond donors (Lipinski definition) is 2. The van der Waals surface area contributed by atoms with Gasteiger partial charge in [0.15, 0.2) is 5.78 Å². The summed E-state index contributed by atoms with van der Waals surface area (Å²) < 4.78 is 39.4. The summed E-state index contributed by atoms with van der Waals surface area (Å²) in [6.07, 6.45) is 0.709. The van der Waals surface area contributed by atoms with Gasteiger partial charge in [0.1, 0.15) is 22.7 Å². The number of alkyl halides is 3. The van der Waals surface area contributed by atoms with Gasteiger partial charge in [0.2, 0.25) is 0 Å². The van der Waals surface area contributed by atoms with Crippen molar-refractivity contribution in [3.8, 4) is 0 Å². The van der Waals surface area contributed by atoms with Crippen LogP contribution in [-0.2, 0) is 19.1 Å². The minimum Gasteiger partial charge on any atom is -0.383 e. The normalized spacial score (nSPS) is 14.2. The third-order valence-corrected chi connectivity index (χ3v) is 7.02. The van der Waals surface area contributed by atoms with Crippen molar-refractivity contribution in [3.05, 3.63) is 63.0 Å². The average molecular weight is 519 g/mol. The molecule has 1 amide bonds. The zero-order valence-corrected chi connectivity index (χ0v) is 20.4. The number of carbonyl (C=O) groups excluding carboxylic acids is 2. The van der Waals surface area contributed by atoms with Crippen molar-refractivity contribution in [2.24, 2.45) is 0 Å². The Morgan fingerprint density at radius 2 is 1.92 bits per heavy atom. The van der Waals surface area contributed by atoms with Crippen LogP contribution in [0.4, 0.5) is 24.7 Å². The molecule has 36 heavy (non-hydrogen) atoms. The van der Waals surface area contributed by atoms with Gasteiger partial charge in [0.25, 0.3) is 5.91 Å². The van der Waals surface area contributed by atoms with Crippen LogP contribution in [0.5, 0.6) is 0 Å². The molecule has 4 rings (SSSR count). The third kappa shape index (κ3) is 6.05. The van der Waals surface area contributed by atoms with Gasteiger partial charge in [-0.2, -0.15) is 13.2 Å². The topological polar surface area (TPSA) is 114 Å². The predicted molar refractivity (Wildman–Crippen MR) is 130 cm³/mol. The van der Waals surface area contributed by atoms with E-state index in [0.29, 0.717) is 28.6 Å². The van der Waals surface area contributed by atoms with Crippen molar-refractivity contribution in [1.29, 1.82) is 0 Å². The Morgan fingerprint density at radius 1 is 1.17 bits per heavy atom. The number of rotatable bonds is 8. The van der Waals surface area contributed by atoms with Gasteiger partial charge in [0, 0.05) is 30.6 Å². The zero-order valence-electron chi connectivity index (χ0n) is 19.6. The van der Waals surface area contributed by atoms with Gasteiger partial charge in [0.05, 0.1) is 16.8 Å². The SMILES string of the molecule is Cc1ccc(NC(=O)c2cnc(CCC(=O)c3ncnc(N)c3CN3CCCC3)s2)cc1C(F)(F)F. The van der Waals surface area contributed by atoms with E-state index in [4.69, 9.17) is 5.73 Å². The molecule has 2 aromatic heterocycles. The Kier molecular flexibility index (Phi) is 7.65. The Bertz CT molecular complexity index is 1270. The number of anilines is 2. The minimum atomic E-state index is -4.52. The zero-order chi connectivity index (χ0) is 25.9. The fourth-order valence-electron chi connectivity index (χ4n) is 4.05. The van der Waals surface area contributed by atoms with E-state index in [-0.39, 0.29) is 34.8 Å². The van der Waals surface area contributed by atoms with Crippen LogP contribution in [0, 0.1) is 6.92 Å². The van der Waals surface area contributed by atoms with Crippen LogP contribution < -0.4 is 11.1 Å². The molecule has 0 spiro atoms. The third-order valence-electron chi connectivity index (χ3n) is 5.97. The number of nitrogens with two attached hydrogens (primary N) is 1.